The van der Waals surface area contributed by atoms with Crippen molar-refractivity contribution in [3.63, 3.8) is 0 Å². The lowest BCUT2D eigenvalue weighted by Gasteiger charge is -2.29. The van der Waals surface area contributed by atoms with Crippen LogP contribution in [0.3, 0.4) is 0 Å². The summed E-state index contributed by atoms with van der Waals surface area (Å²) >= 11 is 0. The van der Waals surface area contributed by atoms with Gasteiger partial charge in [0.25, 0.3) is 0 Å². The fourth-order valence-corrected chi connectivity index (χ4v) is 3.65. The fraction of sp³-hybridized carbons (Fsp3) is 0.524. The Bertz CT molecular complexity index is 751. The van der Waals surface area contributed by atoms with E-state index in [1.54, 1.807) is 0 Å². The fourth-order valence-electron chi connectivity index (χ4n) is 3.65. The van der Waals surface area contributed by atoms with Gasteiger partial charge in [-0.15, -0.1) is 0 Å². The third-order valence-corrected chi connectivity index (χ3v) is 4.91. The Kier molecular flexibility index (Phi) is 4.37. The minimum Gasteiger partial charge on any atom is -0.294 e. The molecule has 0 bridgehead atoms. The van der Waals surface area contributed by atoms with Gasteiger partial charge in [-0.25, -0.2) is 4.68 Å². The Labute approximate surface area is 145 Å². The van der Waals surface area contributed by atoms with Gasteiger partial charge in [0.2, 0.25) is 0 Å². The lowest BCUT2D eigenvalue weighted by Crippen LogP contribution is -2.28. The predicted octanol–water partition coefficient (Wildman–Crippen LogP) is 5.10. The van der Waals surface area contributed by atoms with E-state index in [1.807, 2.05) is 4.68 Å². The van der Waals surface area contributed by atoms with Crippen molar-refractivity contribution in [3.05, 3.63) is 46.8 Å². The Morgan fingerprint density at radius 1 is 1.17 bits per heavy atom. The summed E-state index contributed by atoms with van der Waals surface area (Å²) in [6.07, 6.45) is 3.39. The molecule has 0 fully saturated rings. The minimum absolute atomic E-state index is 0.00320. The summed E-state index contributed by atoms with van der Waals surface area (Å²) in [7, 11) is 0. The lowest BCUT2D eigenvalue weighted by molar-refractivity contribution is 0.0910. The van der Waals surface area contributed by atoms with Gasteiger partial charge in [-0.2, -0.15) is 5.10 Å². The van der Waals surface area contributed by atoms with Gasteiger partial charge in [0, 0.05) is 6.42 Å². The van der Waals surface area contributed by atoms with Crippen molar-refractivity contribution in [2.75, 3.05) is 0 Å². The minimum atomic E-state index is 0.00320. The number of benzene rings is 1. The van der Waals surface area contributed by atoms with Crippen LogP contribution in [0.2, 0.25) is 0 Å². The van der Waals surface area contributed by atoms with Gasteiger partial charge in [0.15, 0.2) is 5.78 Å². The number of carbonyl (C=O) groups is 1. The van der Waals surface area contributed by atoms with Crippen molar-refractivity contribution in [2.45, 2.75) is 66.2 Å². The maximum Gasteiger partial charge on any atom is 0.167 e. The number of nitrogens with zero attached hydrogens (tertiary/aromatic N) is 2. The molecule has 128 valence electrons. The molecule has 0 saturated carbocycles. The normalized spacial score (nSPS) is 16.5. The number of aromatic nitrogens is 2. The summed E-state index contributed by atoms with van der Waals surface area (Å²) < 4.78 is 2.02. The van der Waals surface area contributed by atoms with Crippen LogP contribution in [-0.2, 0) is 12.8 Å². The van der Waals surface area contributed by atoms with Crippen LogP contribution in [-0.4, -0.2) is 15.6 Å². The van der Waals surface area contributed by atoms with E-state index in [1.165, 1.54) is 5.56 Å². The van der Waals surface area contributed by atoms with E-state index >= 15 is 0 Å². The van der Waals surface area contributed by atoms with Crippen LogP contribution >= 0.6 is 0 Å². The van der Waals surface area contributed by atoms with Crippen LogP contribution in [0.1, 0.15) is 80.7 Å². The average Bonchev–Trinajstić information content (AvgIpc) is 2.85. The first-order valence-corrected chi connectivity index (χ1v) is 9.06. The number of hydrogen-bond donors (Lipinski definition) is 0. The standard InChI is InChI=1S/C21H28N2O/c1-6-7-17-20-18(12-21(4,5)13-19(20)24)23(22-17)16-10-8-15(9-11-16)14(2)3/h8-11,14H,6-7,12-13H2,1-5H3. The molecule has 0 N–H and O–H groups in total. The molecule has 1 aromatic heterocycles. The Morgan fingerprint density at radius 3 is 2.42 bits per heavy atom. The first-order chi connectivity index (χ1) is 11.3. The number of rotatable bonds is 4. The zero-order valence-corrected chi connectivity index (χ0v) is 15.5. The molecule has 0 saturated heterocycles. The molecular weight excluding hydrogens is 296 g/mol. The van der Waals surface area contributed by atoms with E-state index in [4.69, 9.17) is 5.10 Å². The quantitative estimate of drug-likeness (QED) is 0.784. The topological polar surface area (TPSA) is 34.9 Å². The highest BCUT2D eigenvalue weighted by Crippen LogP contribution is 2.37. The summed E-state index contributed by atoms with van der Waals surface area (Å²) in [5, 5.41) is 4.84. The summed E-state index contributed by atoms with van der Waals surface area (Å²) in [5.41, 5.74) is 5.35. The Hall–Kier alpha value is -1.90. The van der Waals surface area contributed by atoms with Crippen LogP contribution in [0.15, 0.2) is 24.3 Å². The molecule has 1 aliphatic carbocycles. The van der Waals surface area contributed by atoms with E-state index in [0.717, 1.165) is 41.9 Å². The van der Waals surface area contributed by atoms with Crippen LogP contribution in [0.25, 0.3) is 5.69 Å². The molecule has 0 aliphatic heterocycles. The highest BCUT2D eigenvalue weighted by atomic mass is 16.1. The summed E-state index contributed by atoms with van der Waals surface area (Å²) in [6, 6.07) is 8.60. The van der Waals surface area contributed by atoms with Gasteiger partial charge in [-0.3, -0.25) is 4.79 Å². The molecule has 3 heteroatoms. The first-order valence-electron chi connectivity index (χ1n) is 9.06. The Balaban J connectivity index is 2.11. The third kappa shape index (κ3) is 3.04. The molecule has 0 unspecified atom stereocenters. The van der Waals surface area contributed by atoms with E-state index < -0.39 is 0 Å². The number of ketones is 1. The molecule has 1 aliphatic rings. The van der Waals surface area contributed by atoms with Crippen molar-refractivity contribution in [1.29, 1.82) is 0 Å². The average molecular weight is 324 g/mol. The molecule has 0 atom stereocenters. The smallest absolute Gasteiger partial charge is 0.167 e. The van der Waals surface area contributed by atoms with Gasteiger partial charge in [0.1, 0.15) is 0 Å². The highest BCUT2D eigenvalue weighted by molar-refractivity contribution is 6.00. The molecule has 0 radical (unpaired) electrons. The molecule has 1 heterocycles. The molecule has 0 amide bonds. The third-order valence-electron chi connectivity index (χ3n) is 4.91. The maximum absolute atomic E-state index is 12.7. The van der Waals surface area contributed by atoms with Gasteiger partial charge in [-0.05, 0) is 41.9 Å². The second-order valence-corrected chi connectivity index (χ2v) is 8.12. The van der Waals surface area contributed by atoms with Crippen molar-refractivity contribution in [3.8, 4) is 5.69 Å². The second kappa shape index (κ2) is 6.19. The van der Waals surface area contributed by atoms with Crippen molar-refractivity contribution >= 4 is 5.78 Å². The number of fused-ring (bicyclic) bond motifs is 1. The first kappa shape index (κ1) is 16.9. The molecular formula is C21H28N2O. The van der Waals surface area contributed by atoms with E-state index in [0.29, 0.717) is 12.3 Å². The van der Waals surface area contributed by atoms with Crippen LogP contribution in [0.4, 0.5) is 0 Å². The van der Waals surface area contributed by atoms with Gasteiger partial charge >= 0.3 is 0 Å². The zero-order chi connectivity index (χ0) is 17.5. The predicted molar refractivity (Wildman–Crippen MR) is 98.1 cm³/mol. The lowest BCUT2D eigenvalue weighted by atomic mass is 9.75. The molecule has 3 nitrogen and oxygen atoms in total. The van der Waals surface area contributed by atoms with Crippen LogP contribution in [0, 0.1) is 5.41 Å². The molecule has 3 rings (SSSR count). The van der Waals surface area contributed by atoms with E-state index in [9.17, 15) is 4.79 Å². The number of Topliss-reactive ketones (excluding diaryl/α,β-unsaturated/α-hetero) is 1. The molecule has 1 aromatic carbocycles. The van der Waals surface area contributed by atoms with E-state index in [2.05, 4.69) is 58.9 Å². The van der Waals surface area contributed by atoms with Crippen molar-refractivity contribution < 1.29 is 4.79 Å². The molecule has 0 spiro atoms. The molecule has 24 heavy (non-hydrogen) atoms. The SMILES string of the molecule is CCCc1nn(-c2ccc(C(C)C)cc2)c2c1C(=O)CC(C)(C)C2. The summed E-state index contributed by atoms with van der Waals surface area (Å²) in [4.78, 5) is 12.7. The van der Waals surface area contributed by atoms with Gasteiger partial charge < -0.3 is 0 Å². The summed E-state index contributed by atoms with van der Waals surface area (Å²) in [5.74, 6) is 0.775. The summed E-state index contributed by atoms with van der Waals surface area (Å²) in [6.45, 7) is 10.9. The van der Waals surface area contributed by atoms with Crippen LogP contribution < -0.4 is 0 Å². The largest absolute Gasteiger partial charge is 0.294 e. The Morgan fingerprint density at radius 2 is 1.83 bits per heavy atom. The zero-order valence-electron chi connectivity index (χ0n) is 15.5. The molecule has 2 aromatic rings. The monoisotopic (exact) mass is 324 g/mol. The van der Waals surface area contributed by atoms with Crippen LogP contribution in [0.5, 0.6) is 0 Å². The maximum atomic E-state index is 12.7. The second-order valence-electron chi connectivity index (χ2n) is 8.12. The van der Waals surface area contributed by atoms with Crippen molar-refractivity contribution in [1.82, 2.24) is 9.78 Å². The van der Waals surface area contributed by atoms with Gasteiger partial charge in [-0.1, -0.05) is 53.2 Å². The number of aryl methyl sites for hydroxylation is 1. The van der Waals surface area contributed by atoms with Crippen molar-refractivity contribution in [2.24, 2.45) is 5.41 Å². The van der Waals surface area contributed by atoms with E-state index in [-0.39, 0.29) is 11.2 Å². The number of hydrogen-bond acceptors (Lipinski definition) is 2. The number of carbonyl (C=O) groups excluding carboxylic acids is 1. The van der Waals surface area contributed by atoms with Gasteiger partial charge in [0.05, 0.1) is 22.6 Å². The highest BCUT2D eigenvalue weighted by Gasteiger charge is 2.36.